The highest BCUT2D eigenvalue weighted by molar-refractivity contribution is 7.99. The minimum absolute atomic E-state index is 0.0242. The van der Waals surface area contributed by atoms with E-state index in [0.29, 0.717) is 22.2 Å². The molecule has 7 nitrogen and oxygen atoms in total. The van der Waals surface area contributed by atoms with Crippen molar-refractivity contribution in [3.63, 3.8) is 0 Å². The fraction of sp³-hybridized carbons (Fsp3) is 0.524. The summed E-state index contributed by atoms with van der Waals surface area (Å²) >= 11 is 1.36. The third kappa shape index (κ3) is 3.13. The van der Waals surface area contributed by atoms with Crippen LogP contribution in [0.15, 0.2) is 34.2 Å². The highest BCUT2D eigenvalue weighted by atomic mass is 32.2. The van der Waals surface area contributed by atoms with E-state index in [0.717, 1.165) is 17.4 Å². The molecule has 1 aromatic carbocycles. The van der Waals surface area contributed by atoms with Crippen molar-refractivity contribution in [3.8, 4) is 0 Å². The quantitative estimate of drug-likeness (QED) is 0.653. The SMILES string of the molecule is CC(NC(=O)CSc1nnc2n(C)c(=O)c3ccccc3n12)C1CC2CCC1C2. The van der Waals surface area contributed by atoms with E-state index in [1.165, 1.54) is 42.0 Å². The smallest absolute Gasteiger partial charge is 0.262 e. The van der Waals surface area contributed by atoms with Gasteiger partial charge in [0.25, 0.3) is 5.56 Å². The van der Waals surface area contributed by atoms with Gasteiger partial charge in [0.05, 0.1) is 16.7 Å². The highest BCUT2D eigenvalue weighted by Crippen LogP contribution is 2.49. The number of carbonyl (C=O) groups is 1. The number of hydrogen-bond donors (Lipinski definition) is 1. The number of aryl methyl sites for hydroxylation is 1. The number of rotatable bonds is 5. The number of nitrogens with one attached hydrogen (secondary N) is 1. The maximum atomic E-state index is 12.6. The Kier molecular flexibility index (Phi) is 4.61. The van der Waals surface area contributed by atoms with Gasteiger partial charge >= 0.3 is 0 Å². The summed E-state index contributed by atoms with van der Waals surface area (Å²) in [7, 11) is 1.69. The van der Waals surface area contributed by atoms with Gasteiger partial charge in [-0.2, -0.15) is 0 Å². The number of carbonyl (C=O) groups excluding carboxylic acids is 1. The zero-order valence-corrected chi connectivity index (χ0v) is 17.5. The molecule has 2 aromatic heterocycles. The topological polar surface area (TPSA) is 81.3 Å². The van der Waals surface area contributed by atoms with Gasteiger partial charge in [0, 0.05) is 13.1 Å². The summed E-state index contributed by atoms with van der Waals surface area (Å²) in [6, 6.07) is 7.63. The zero-order chi connectivity index (χ0) is 20.1. The fourth-order valence-corrected chi connectivity index (χ4v) is 6.09. The molecule has 2 aliphatic carbocycles. The van der Waals surface area contributed by atoms with Gasteiger partial charge in [-0.1, -0.05) is 30.3 Å². The van der Waals surface area contributed by atoms with Gasteiger partial charge in [-0.05, 0) is 56.1 Å². The molecule has 0 saturated heterocycles. The Balaban J connectivity index is 1.33. The van der Waals surface area contributed by atoms with Crippen molar-refractivity contribution in [3.05, 3.63) is 34.6 Å². The number of fused-ring (bicyclic) bond motifs is 5. The normalized spacial score (nSPS) is 24.4. The predicted molar refractivity (Wildman–Crippen MR) is 113 cm³/mol. The third-order valence-corrected chi connectivity index (χ3v) is 7.68. The van der Waals surface area contributed by atoms with Crippen LogP contribution in [0.25, 0.3) is 16.7 Å². The van der Waals surface area contributed by atoms with Gasteiger partial charge in [-0.15, -0.1) is 10.2 Å². The number of hydrogen-bond acceptors (Lipinski definition) is 5. The first kappa shape index (κ1) is 18.7. The van der Waals surface area contributed by atoms with Crippen molar-refractivity contribution >= 4 is 34.3 Å². The van der Waals surface area contributed by atoms with Crippen LogP contribution in [0.3, 0.4) is 0 Å². The maximum Gasteiger partial charge on any atom is 0.262 e. The first-order valence-corrected chi connectivity index (χ1v) is 11.3. The molecule has 1 N–H and O–H groups in total. The molecular weight excluding hydrogens is 386 g/mol. The Labute approximate surface area is 172 Å². The van der Waals surface area contributed by atoms with Crippen LogP contribution >= 0.6 is 11.8 Å². The number of aromatic nitrogens is 4. The average molecular weight is 412 g/mol. The Morgan fingerprint density at radius 2 is 2.10 bits per heavy atom. The van der Waals surface area contributed by atoms with Crippen molar-refractivity contribution < 1.29 is 4.79 Å². The summed E-state index contributed by atoms with van der Waals surface area (Å²) in [5.41, 5.74) is 0.656. The van der Waals surface area contributed by atoms with Gasteiger partial charge in [0.2, 0.25) is 11.7 Å². The molecule has 4 atom stereocenters. The molecule has 0 aliphatic heterocycles. The fourth-order valence-electron chi connectivity index (χ4n) is 5.34. The molecule has 0 radical (unpaired) electrons. The van der Waals surface area contributed by atoms with Crippen LogP contribution in [0.2, 0.25) is 0 Å². The van der Waals surface area contributed by atoms with Crippen LogP contribution in [-0.2, 0) is 11.8 Å². The van der Waals surface area contributed by atoms with E-state index in [2.05, 4.69) is 22.4 Å². The monoisotopic (exact) mass is 411 g/mol. The lowest BCUT2D eigenvalue weighted by Crippen LogP contribution is -2.40. The van der Waals surface area contributed by atoms with E-state index in [1.807, 2.05) is 22.6 Å². The van der Waals surface area contributed by atoms with Crippen molar-refractivity contribution in [1.29, 1.82) is 0 Å². The molecule has 29 heavy (non-hydrogen) atoms. The van der Waals surface area contributed by atoms with Crippen LogP contribution in [0.5, 0.6) is 0 Å². The molecule has 2 saturated carbocycles. The molecule has 2 aliphatic rings. The van der Waals surface area contributed by atoms with Crippen LogP contribution in [0.4, 0.5) is 0 Å². The Hall–Kier alpha value is -2.35. The van der Waals surface area contributed by atoms with Gasteiger partial charge in [0.1, 0.15) is 0 Å². The molecule has 3 aromatic rings. The van der Waals surface area contributed by atoms with Crippen molar-refractivity contribution in [2.24, 2.45) is 24.8 Å². The van der Waals surface area contributed by atoms with Crippen molar-refractivity contribution in [2.45, 2.75) is 43.8 Å². The molecular formula is C21H25N5O2S. The van der Waals surface area contributed by atoms with E-state index in [9.17, 15) is 9.59 Å². The summed E-state index contributed by atoms with van der Waals surface area (Å²) in [6.45, 7) is 2.14. The first-order chi connectivity index (χ1) is 14.0. The third-order valence-electron chi connectivity index (χ3n) is 6.75. The van der Waals surface area contributed by atoms with Gasteiger partial charge < -0.3 is 5.32 Å². The summed E-state index contributed by atoms with van der Waals surface area (Å²) in [6.07, 6.45) is 5.29. The molecule has 152 valence electrons. The summed E-state index contributed by atoms with van der Waals surface area (Å²) in [4.78, 5) is 25.1. The summed E-state index contributed by atoms with van der Waals surface area (Å²) < 4.78 is 3.35. The lowest BCUT2D eigenvalue weighted by molar-refractivity contribution is -0.119. The molecule has 2 heterocycles. The van der Waals surface area contributed by atoms with E-state index in [-0.39, 0.29) is 23.3 Å². The Bertz CT molecular complexity index is 1150. The summed E-state index contributed by atoms with van der Waals surface area (Å²) in [5.74, 6) is 3.07. The lowest BCUT2D eigenvalue weighted by atomic mass is 9.84. The molecule has 2 fully saturated rings. The number of para-hydroxylation sites is 1. The van der Waals surface area contributed by atoms with Crippen molar-refractivity contribution in [1.82, 2.24) is 24.5 Å². The second-order valence-corrected chi connectivity index (χ2v) is 9.43. The minimum atomic E-state index is -0.102. The molecule has 5 rings (SSSR count). The number of amides is 1. The number of nitrogens with zero attached hydrogens (tertiary/aromatic N) is 4. The highest BCUT2D eigenvalue weighted by Gasteiger charge is 2.42. The average Bonchev–Trinajstić information content (AvgIpc) is 3.46. The Morgan fingerprint density at radius 3 is 2.86 bits per heavy atom. The van der Waals surface area contributed by atoms with E-state index >= 15 is 0 Å². The largest absolute Gasteiger partial charge is 0.353 e. The minimum Gasteiger partial charge on any atom is -0.353 e. The van der Waals surface area contributed by atoms with Crippen LogP contribution < -0.4 is 10.9 Å². The molecule has 2 bridgehead atoms. The van der Waals surface area contributed by atoms with Gasteiger partial charge in [-0.25, -0.2) is 0 Å². The second kappa shape index (κ2) is 7.16. The van der Waals surface area contributed by atoms with E-state index in [4.69, 9.17) is 0 Å². The number of benzene rings is 1. The van der Waals surface area contributed by atoms with Crippen molar-refractivity contribution in [2.75, 3.05) is 5.75 Å². The first-order valence-electron chi connectivity index (χ1n) is 10.3. The van der Waals surface area contributed by atoms with E-state index < -0.39 is 0 Å². The predicted octanol–water partition coefficient (Wildman–Crippen LogP) is 2.61. The number of thioether (sulfide) groups is 1. The summed E-state index contributed by atoms with van der Waals surface area (Å²) in [5, 5.41) is 12.9. The molecule has 1 amide bonds. The standard InChI is InChI=1S/C21H25N5O2S/c1-12(16-10-13-7-8-14(16)9-13)22-18(27)11-29-21-24-23-20-25(2)19(28)15-5-3-4-6-17(15)26(20)21/h3-6,12-14,16H,7-11H2,1-2H3,(H,22,27). The Morgan fingerprint density at radius 1 is 1.28 bits per heavy atom. The second-order valence-electron chi connectivity index (χ2n) is 8.48. The van der Waals surface area contributed by atoms with Gasteiger partial charge in [0.15, 0.2) is 5.16 Å². The molecule has 4 unspecified atom stereocenters. The lowest BCUT2D eigenvalue weighted by Gasteiger charge is -2.28. The maximum absolute atomic E-state index is 12.6. The van der Waals surface area contributed by atoms with Crippen LogP contribution in [0, 0.1) is 17.8 Å². The van der Waals surface area contributed by atoms with E-state index in [1.54, 1.807) is 13.1 Å². The van der Waals surface area contributed by atoms with Crippen LogP contribution in [-0.4, -0.2) is 36.9 Å². The van der Waals surface area contributed by atoms with Gasteiger partial charge in [-0.3, -0.25) is 18.6 Å². The van der Waals surface area contributed by atoms with Crippen LogP contribution in [0.1, 0.15) is 32.6 Å². The zero-order valence-electron chi connectivity index (χ0n) is 16.7. The molecule has 0 spiro atoms. The molecule has 8 heteroatoms.